The molecule has 0 aliphatic heterocycles. The second-order valence-corrected chi connectivity index (χ2v) is 4.91. The van der Waals surface area contributed by atoms with Gasteiger partial charge in [-0.25, -0.2) is 4.98 Å². The lowest BCUT2D eigenvalue weighted by atomic mass is 10.2. The maximum atomic E-state index is 12.0. The summed E-state index contributed by atoms with van der Waals surface area (Å²) in [5.41, 5.74) is 1.05. The summed E-state index contributed by atoms with van der Waals surface area (Å²) in [7, 11) is 1.57. The van der Waals surface area contributed by atoms with Crippen LogP contribution in [0.2, 0.25) is 5.15 Å². The number of amides is 1. The molecule has 0 saturated carbocycles. The maximum Gasteiger partial charge on any atom is 0.257 e. The molecule has 0 fully saturated rings. The van der Waals surface area contributed by atoms with Gasteiger partial charge >= 0.3 is 0 Å². The van der Waals surface area contributed by atoms with Gasteiger partial charge in [-0.2, -0.15) is 0 Å². The number of benzene rings is 1. The van der Waals surface area contributed by atoms with Gasteiger partial charge in [0.25, 0.3) is 5.91 Å². The first-order valence-electron chi connectivity index (χ1n) is 5.36. The van der Waals surface area contributed by atoms with Crippen molar-refractivity contribution in [2.24, 2.45) is 0 Å². The Morgan fingerprint density at radius 1 is 1.37 bits per heavy atom. The van der Waals surface area contributed by atoms with E-state index in [4.69, 9.17) is 16.3 Å². The second-order valence-electron chi connectivity index (χ2n) is 3.67. The molecule has 1 heterocycles. The van der Waals surface area contributed by atoms with E-state index in [0.717, 1.165) is 4.47 Å². The van der Waals surface area contributed by atoms with Gasteiger partial charge in [-0.15, -0.1) is 0 Å². The Bertz CT molecular complexity index is 602. The molecule has 0 saturated heterocycles. The van der Waals surface area contributed by atoms with E-state index in [2.05, 4.69) is 26.2 Å². The smallest absolute Gasteiger partial charge is 0.257 e. The summed E-state index contributed by atoms with van der Waals surface area (Å²) in [6.45, 7) is 0. The van der Waals surface area contributed by atoms with Gasteiger partial charge < -0.3 is 10.1 Å². The number of nitrogens with one attached hydrogen (secondary N) is 1. The molecule has 0 radical (unpaired) electrons. The van der Waals surface area contributed by atoms with Crippen LogP contribution >= 0.6 is 27.5 Å². The number of pyridine rings is 1. The fraction of sp³-hybridized carbons (Fsp3) is 0.0769. The second kappa shape index (κ2) is 6.04. The lowest BCUT2D eigenvalue weighted by Crippen LogP contribution is -2.12. The van der Waals surface area contributed by atoms with E-state index in [1.165, 1.54) is 6.20 Å². The average Bonchev–Trinajstić information content (AvgIpc) is 2.42. The Morgan fingerprint density at radius 3 is 2.79 bits per heavy atom. The highest BCUT2D eigenvalue weighted by atomic mass is 79.9. The zero-order chi connectivity index (χ0) is 13.8. The number of ether oxygens (including phenoxy) is 1. The molecule has 19 heavy (non-hydrogen) atoms. The van der Waals surface area contributed by atoms with Crippen molar-refractivity contribution in [3.8, 4) is 5.75 Å². The molecule has 0 atom stereocenters. The third kappa shape index (κ3) is 3.45. The summed E-state index contributed by atoms with van der Waals surface area (Å²) >= 11 is 9.04. The minimum absolute atomic E-state index is 0.266. The van der Waals surface area contributed by atoms with E-state index < -0.39 is 0 Å². The van der Waals surface area contributed by atoms with Gasteiger partial charge in [0.05, 0.1) is 18.4 Å². The number of hydrogen-bond donors (Lipinski definition) is 1. The van der Waals surface area contributed by atoms with Crippen LogP contribution < -0.4 is 10.1 Å². The Hall–Kier alpha value is -1.59. The first-order chi connectivity index (χ1) is 9.10. The first-order valence-corrected chi connectivity index (χ1v) is 6.53. The van der Waals surface area contributed by atoms with Crippen LogP contribution in [0.4, 0.5) is 5.69 Å². The zero-order valence-corrected chi connectivity index (χ0v) is 12.3. The minimum atomic E-state index is -0.266. The molecule has 0 unspecified atom stereocenters. The minimum Gasteiger partial charge on any atom is -0.497 e. The summed E-state index contributed by atoms with van der Waals surface area (Å²) < 4.78 is 5.88. The van der Waals surface area contributed by atoms with Crippen molar-refractivity contribution in [3.63, 3.8) is 0 Å². The van der Waals surface area contributed by atoms with Crippen LogP contribution in [0.3, 0.4) is 0 Å². The molecule has 0 bridgehead atoms. The maximum absolute atomic E-state index is 12.0. The highest BCUT2D eigenvalue weighted by molar-refractivity contribution is 9.10. The number of hydrogen-bond acceptors (Lipinski definition) is 3. The largest absolute Gasteiger partial charge is 0.497 e. The lowest BCUT2D eigenvalue weighted by molar-refractivity contribution is 0.102. The number of aromatic nitrogens is 1. The van der Waals surface area contributed by atoms with Crippen LogP contribution in [-0.2, 0) is 0 Å². The normalized spacial score (nSPS) is 10.1. The fourth-order valence-electron chi connectivity index (χ4n) is 1.43. The van der Waals surface area contributed by atoms with Crippen molar-refractivity contribution in [2.75, 3.05) is 12.4 Å². The zero-order valence-electron chi connectivity index (χ0n) is 9.98. The van der Waals surface area contributed by atoms with E-state index in [9.17, 15) is 4.79 Å². The highest BCUT2D eigenvalue weighted by Crippen LogP contribution is 2.27. The van der Waals surface area contributed by atoms with Crippen LogP contribution in [-0.4, -0.2) is 18.0 Å². The van der Waals surface area contributed by atoms with Crippen LogP contribution in [0.5, 0.6) is 5.75 Å². The Balaban J connectivity index is 2.21. The van der Waals surface area contributed by atoms with Crippen molar-refractivity contribution < 1.29 is 9.53 Å². The van der Waals surface area contributed by atoms with E-state index in [1.54, 1.807) is 37.4 Å². The van der Waals surface area contributed by atoms with Crippen LogP contribution in [0, 0.1) is 0 Å². The lowest BCUT2D eigenvalue weighted by Gasteiger charge is -2.09. The van der Waals surface area contributed by atoms with E-state index >= 15 is 0 Å². The molecule has 98 valence electrons. The SMILES string of the molecule is COc1ccc(Br)c(NC(=O)c2ccc(Cl)nc2)c1. The fourth-order valence-corrected chi connectivity index (χ4v) is 1.89. The van der Waals surface area contributed by atoms with E-state index in [-0.39, 0.29) is 5.91 Å². The summed E-state index contributed by atoms with van der Waals surface area (Å²) in [5, 5.41) is 3.12. The monoisotopic (exact) mass is 340 g/mol. The molecule has 1 N–H and O–H groups in total. The Morgan fingerprint density at radius 2 is 2.16 bits per heavy atom. The molecule has 4 nitrogen and oxygen atoms in total. The quantitative estimate of drug-likeness (QED) is 0.865. The third-order valence-corrected chi connectivity index (χ3v) is 3.33. The van der Waals surface area contributed by atoms with Crippen molar-refractivity contribution in [2.45, 2.75) is 0 Å². The molecule has 1 amide bonds. The summed E-state index contributed by atoms with van der Waals surface area (Å²) in [4.78, 5) is 15.9. The molecule has 2 rings (SSSR count). The summed E-state index contributed by atoms with van der Waals surface area (Å²) in [6.07, 6.45) is 1.42. The average molecular weight is 342 g/mol. The van der Waals surface area contributed by atoms with Crippen LogP contribution in [0.1, 0.15) is 10.4 Å². The van der Waals surface area contributed by atoms with Gasteiger partial charge in [-0.05, 0) is 40.2 Å². The van der Waals surface area contributed by atoms with Crippen molar-refractivity contribution in [1.29, 1.82) is 0 Å². The molecule has 1 aromatic heterocycles. The number of nitrogens with zero attached hydrogens (tertiary/aromatic N) is 1. The first kappa shape index (κ1) is 13.8. The van der Waals surface area contributed by atoms with Crippen molar-refractivity contribution >= 4 is 39.1 Å². The van der Waals surface area contributed by atoms with Gasteiger partial charge in [-0.1, -0.05) is 11.6 Å². The topological polar surface area (TPSA) is 51.2 Å². The molecule has 0 aliphatic carbocycles. The molecule has 6 heteroatoms. The van der Waals surface area contributed by atoms with Crippen LogP contribution in [0.15, 0.2) is 41.0 Å². The van der Waals surface area contributed by atoms with E-state index in [1.807, 2.05) is 0 Å². The Labute approximate surface area is 123 Å². The summed E-state index contributed by atoms with van der Waals surface area (Å²) in [5.74, 6) is 0.394. The Kier molecular flexibility index (Phi) is 4.39. The number of halogens is 2. The molecular formula is C13H10BrClN2O2. The summed E-state index contributed by atoms with van der Waals surface area (Å²) in [6, 6.07) is 8.50. The third-order valence-electron chi connectivity index (χ3n) is 2.41. The van der Waals surface area contributed by atoms with Gasteiger partial charge in [0.15, 0.2) is 0 Å². The standard InChI is InChI=1S/C13H10BrClN2O2/c1-19-9-3-4-10(14)11(6-9)17-13(18)8-2-5-12(15)16-7-8/h2-7H,1H3,(H,17,18). The van der Waals surface area contributed by atoms with Crippen molar-refractivity contribution in [1.82, 2.24) is 4.98 Å². The molecule has 0 aliphatic rings. The predicted molar refractivity (Wildman–Crippen MR) is 77.9 cm³/mol. The van der Waals surface area contributed by atoms with Crippen molar-refractivity contribution in [3.05, 3.63) is 51.7 Å². The number of carbonyl (C=O) groups excluding carboxylic acids is 1. The highest BCUT2D eigenvalue weighted by Gasteiger charge is 2.09. The van der Waals surface area contributed by atoms with Gasteiger partial charge in [-0.3, -0.25) is 4.79 Å². The molecule has 2 aromatic rings. The predicted octanol–water partition coefficient (Wildman–Crippen LogP) is 3.76. The van der Waals surface area contributed by atoms with E-state index in [0.29, 0.717) is 22.2 Å². The molecule has 0 spiro atoms. The molecular weight excluding hydrogens is 332 g/mol. The molecule has 1 aromatic carbocycles. The van der Waals surface area contributed by atoms with Gasteiger partial charge in [0.2, 0.25) is 0 Å². The number of methoxy groups -OCH3 is 1. The number of rotatable bonds is 3. The number of anilines is 1. The number of carbonyl (C=O) groups is 1. The van der Waals surface area contributed by atoms with Gasteiger partial charge in [0, 0.05) is 16.7 Å². The van der Waals surface area contributed by atoms with Crippen LogP contribution in [0.25, 0.3) is 0 Å². The van der Waals surface area contributed by atoms with Gasteiger partial charge in [0.1, 0.15) is 10.9 Å².